The fraction of sp³-hybridized carbons (Fsp3) is 0.571. The summed E-state index contributed by atoms with van der Waals surface area (Å²) in [6.45, 7) is 1.58. The van der Waals surface area contributed by atoms with Gasteiger partial charge in [-0.25, -0.2) is 0 Å². The molecule has 1 fully saturated rings. The van der Waals surface area contributed by atoms with E-state index in [1.165, 1.54) is 0 Å². The molecule has 0 N–H and O–H groups in total. The first kappa shape index (κ1) is 15.2. The zero-order valence-electron chi connectivity index (χ0n) is 11.8. The second-order valence-corrected chi connectivity index (χ2v) is 4.80. The van der Waals surface area contributed by atoms with Crippen LogP contribution in [0.3, 0.4) is 0 Å². The van der Waals surface area contributed by atoms with Gasteiger partial charge in [0.1, 0.15) is 23.4 Å². The van der Waals surface area contributed by atoms with Crippen molar-refractivity contribution in [1.82, 2.24) is 0 Å². The Hall–Kier alpha value is -1.17. The Labute approximate surface area is 123 Å². The van der Waals surface area contributed by atoms with Crippen molar-refractivity contribution in [2.24, 2.45) is 0 Å². The van der Waals surface area contributed by atoms with Gasteiger partial charge in [-0.15, -0.1) is 11.6 Å². The summed E-state index contributed by atoms with van der Waals surface area (Å²) in [5.41, 5.74) is 0.743. The molecule has 0 saturated carbocycles. The van der Waals surface area contributed by atoms with Gasteiger partial charge in [-0.05, 0) is 0 Å². The normalized spacial score (nSPS) is 20.3. The van der Waals surface area contributed by atoms with Crippen LogP contribution in [0.4, 0.5) is 0 Å². The Morgan fingerprint density at radius 1 is 1.10 bits per heavy atom. The van der Waals surface area contributed by atoms with Crippen LogP contribution < -0.4 is 14.2 Å². The van der Waals surface area contributed by atoms with Gasteiger partial charge in [-0.3, -0.25) is 0 Å². The molecule has 2 rings (SSSR count). The maximum atomic E-state index is 6.54. The van der Waals surface area contributed by atoms with Crippen LogP contribution in [0.25, 0.3) is 0 Å². The minimum Gasteiger partial charge on any atom is -0.496 e. The molecule has 0 aromatic heterocycles. The van der Waals surface area contributed by atoms with Gasteiger partial charge in [0.15, 0.2) is 0 Å². The summed E-state index contributed by atoms with van der Waals surface area (Å²) >= 11 is 6.54. The van der Waals surface area contributed by atoms with E-state index in [4.69, 9.17) is 35.3 Å². The molecule has 1 aliphatic heterocycles. The smallest absolute Gasteiger partial charge is 0.131 e. The first-order valence-corrected chi connectivity index (χ1v) is 6.78. The van der Waals surface area contributed by atoms with Gasteiger partial charge in [0.2, 0.25) is 0 Å². The molecular weight excluding hydrogens is 284 g/mol. The maximum absolute atomic E-state index is 6.54. The van der Waals surface area contributed by atoms with E-state index < -0.39 is 5.38 Å². The summed E-state index contributed by atoms with van der Waals surface area (Å²) in [6, 6.07) is 3.55. The fourth-order valence-corrected chi connectivity index (χ4v) is 2.53. The van der Waals surface area contributed by atoms with E-state index in [-0.39, 0.29) is 6.10 Å². The topological polar surface area (TPSA) is 46.2 Å². The lowest BCUT2D eigenvalue weighted by molar-refractivity contribution is -0.0895. The Kier molecular flexibility index (Phi) is 5.34. The Morgan fingerprint density at radius 2 is 1.75 bits per heavy atom. The monoisotopic (exact) mass is 302 g/mol. The third kappa shape index (κ3) is 3.11. The Morgan fingerprint density at radius 3 is 2.20 bits per heavy atom. The van der Waals surface area contributed by atoms with Gasteiger partial charge in [-0.2, -0.15) is 0 Å². The third-order valence-corrected chi connectivity index (χ3v) is 3.70. The van der Waals surface area contributed by atoms with E-state index in [1.54, 1.807) is 33.5 Å². The van der Waals surface area contributed by atoms with Gasteiger partial charge in [-0.1, -0.05) is 0 Å². The maximum Gasteiger partial charge on any atom is 0.131 e. The van der Waals surface area contributed by atoms with Crippen LogP contribution in [-0.2, 0) is 9.47 Å². The van der Waals surface area contributed by atoms with Crippen molar-refractivity contribution in [3.8, 4) is 17.2 Å². The molecule has 6 heteroatoms. The van der Waals surface area contributed by atoms with Crippen LogP contribution >= 0.6 is 11.6 Å². The molecule has 0 radical (unpaired) electrons. The number of halogens is 1. The average Bonchev–Trinajstić information content (AvgIpc) is 2.53. The molecule has 1 heterocycles. The molecule has 1 aliphatic rings. The molecule has 0 bridgehead atoms. The zero-order valence-corrected chi connectivity index (χ0v) is 12.6. The van der Waals surface area contributed by atoms with Gasteiger partial charge in [0.25, 0.3) is 0 Å². The lowest BCUT2D eigenvalue weighted by Gasteiger charge is -2.28. The van der Waals surface area contributed by atoms with E-state index >= 15 is 0 Å². The number of hydrogen-bond donors (Lipinski definition) is 0. The SMILES string of the molecule is COc1cc(OC)c(C(Cl)C2COCCO2)c(OC)c1. The third-order valence-electron chi connectivity index (χ3n) is 3.20. The van der Waals surface area contributed by atoms with Crippen LogP contribution in [0, 0.1) is 0 Å². The molecule has 112 valence electrons. The van der Waals surface area contributed by atoms with Gasteiger partial charge in [0, 0.05) is 12.1 Å². The van der Waals surface area contributed by atoms with Crippen LogP contribution in [0.1, 0.15) is 10.9 Å². The van der Waals surface area contributed by atoms with Crippen molar-refractivity contribution in [2.45, 2.75) is 11.5 Å². The second-order valence-electron chi connectivity index (χ2n) is 4.33. The summed E-state index contributed by atoms with van der Waals surface area (Å²) in [5, 5.41) is -0.425. The van der Waals surface area contributed by atoms with E-state index in [0.717, 1.165) is 5.56 Å². The molecule has 20 heavy (non-hydrogen) atoms. The van der Waals surface area contributed by atoms with Gasteiger partial charge in [0.05, 0.1) is 52.1 Å². The highest BCUT2D eigenvalue weighted by molar-refractivity contribution is 6.21. The molecular formula is C14H19ClO5. The molecule has 1 aromatic carbocycles. The minimum atomic E-state index is -0.425. The average molecular weight is 303 g/mol. The standard InChI is InChI=1S/C14H19ClO5/c1-16-9-6-10(17-2)13(11(7-9)18-3)14(15)12-8-19-4-5-20-12/h6-7,12,14H,4-5,8H2,1-3H3. The number of methoxy groups -OCH3 is 3. The number of alkyl halides is 1. The van der Waals surface area contributed by atoms with E-state index in [1.807, 2.05) is 0 Å². The largest absolute Gasteiger partial charge is 0.496 e. The van der Waals surface area contributed by atoms with E-state index in [9.17, 15) is 0 Å². The summed E-state index contributed by atoms with van der Waals surface area (Å²) in [5.74, 6) is 1.86. The molecule has 0 amide bonds. The number of ether oxygens (including phenoxy) is 5. The van der Waals surface area contributed by atoms with Crippen molar-refractivity contribution < 1.29 is 23.7 Å². The lowest BCUT2D eigenvalue weighted by Crippen LogP contribution is -2.32. The van der Waals surface area contributed by atoms with Crippen molar-refractivity contribution in [1.29, 1.82) is 0 Å². The fourth-order valence-electron chi connectivity index (χ4n) is 2.17. The molecule has 2 atom stereocenters. The zero-order chi connectivity index (χ0) is 14.5. The molecule has 1 aromatic rings. The number of benzene rings is 1. The Balaban J connectivity index is 2.36. The van der Waals surface area contributed by atoms with Gasteiger partial charge < -0.3 is 23.7 Å². The van der Waals surface area contributed by atoms with Crippen molar-refractivity contribution in [3.05, 3.63) is 17.7 Å². The Bertz CT molecular complexity index is 420. The van der Waals surface area contributed by atoms with E-state index in [0.29, 0.717) is 37.1 Å². The van der Waals surface area contributed by atoms with E-state index in [2.05, 4.69) is 0 Å². The quantitative estimate of drug-likeness (QED) is 0.782. The summed E-state index contributed by atoms with van der Waals surface area (Å²) in [6.07, 6.45) is -0.235. The van der Waals surface area contributed by atoms with Crippen molar-refractivity contribution in [3.63, 3.8) is 0 Å². The lowest BCUT2D eigenvalue weighted by atomic mass is 10.0. The molecule has 5 nitrogen and oxygen atoms in total. The van der Waals surface area contributed by atoms with Crippen molar-refractivity contribution in [2.75, 3.05) is 41.2 Å². The minimum absolute atomic E-state index is 0.235. The number of rotatable bonds is 5. The van der Waals surface area contributed by atoms with Crippen LogP contribution in [-0.4, -0.2) is 47.3 Å². The van der Waals surface area contributed by atoms with Crippen molar-refractivity contribution >= 4 is 11.6 Å². The summed E-state index contributed by atoms with van der Waals surface area (Å²) in [7, 11) is 4.75. The summed E-state index contributed by atoms with van der Waals surface area (Å²) in [4.78, 5) is 0. The highest BCUT2D eigenvalue weighted by Crippen LogP contribution is 2.43. The predicted octanol–water partition coefficient (Wildman–Crippen LogP) is 2.41. The first-order chi connectivity index (χ1) is 9.71. The summed E-state index contributed by atoms with van der Waals surface area (Å²) < 4.78 is 27.1. The highest BCUT2D eigenvalue weighted by atomic mass is 35.5. The second kappa shape index (κ2) is 7.02. The first-order valence-electron chi connectivity index (χ1n) is 6.34. The molecule has 0 spiro atoms. The predicted molar refractivity (Wildman–Crippen MR) is 75.3 cm³/mol. The molecule has 0 aliphatic carbocycles. The molecule has 2 unspecified atom stereocenters. The van der Waals surface area contributed by atoms with Crippen LogP contribution in [0.15, 0.2) is 12.1 Å². The van der Waals surface area contributed by atoms with Crippen LogP contribution in [0.2, 0.25) is 0 Å². The number of hydrogen-bond acceptors (Lipinski definition) is 5. The van der Waals surface area contributed by atoms with Gasteiger partial charge >= 0.3 is 0 Å². The highest BCUT2D eigenvalue weighted by Gasteiger charge is 2.30. The molecule has 1 saturated heterocycles. The van der Waals surface area contributed by atoms with Crippen LogP contribution in [0.5, 0.6) is 17.2 Å².